The summed E-state index contributed by atoms with van der Waals surface area (Å²) < 4.78 is 11.1. The highest BCUT2D eigenvalue weighted by Gasteiger charge is 2.26. The van der Waals surface area contributed by atoms with Gasteiger partial charge in [0.1, 0.15) is 10.6 Å². The number of anilines is 1. The third-order valence-corrected chi connectivity index (χ3v) is 7.68. The molecule has 4 rings (SSSR count). The molecule has 0 saturated carbocycles. The number of hydrogen-bond donors (Lipinski definition) is 2. The zero-order valence-electron chi connectivity index (χ0n) is 21.2. The van der Waals surface area contributed by atoms with Gasteiger partial charge in [-0.25, -0.2) is 0 Å². The van der Waals surface area contributed by atoms with E-state index in [0.29, 0.717) is 30.3 Å². The molecule has 0 spiro atoms. The van der Waals surface area contributed by atoms with Crippen LogP contribution in [0.5, 0.6) is 0 Å². The van der Waals surface area contributed by atoms with E-state index in [4.69, 9.17) is 9.15 Å². The molecule has 0 atom stereocenters. The van der Waals surface area contributed by atoms with E-state index in [1.807, 2.05) is 13.0 Å². The minimum absolute atomic E-state index is 0.00591. The number of ether oxygens (including phenoxy) is 1. The van der Waals surface area contributed by atoms with Gasteiger partial charge in [-0.05, 0) is 67.7 Å². The molecule has 2 aromatic heterocycles. The second-order valence-electron chi connectivity index (χ2n) is 10.2. The summed E-state index contributed by atoms with van der Waals surface area (Å²) in [5.74, 6) is -0.252. The third kappa shape index (κ3) is 5.96. The third-order valence-electron chi connectivity index (χ3n) is 6.48. The van der Waals surface area contributed by atoms with Crippen molar-refractivity contribution < 1.29 is 18.7 Å². The van der Waals surface area contributed by atoms with Gasteiger partial charge < -0.3 is 19.8 Å². The Morgan fingerprint density at radius 2 is 1.97 bits per heavy atom. The lowest BCUT2D eigenvalue weighted by Crippen LogP contribution is -2.27. The number of fused-ring (bicyclic) bond motifs is 2. The van der Waals surface area contributed by atoms with Gasteiger partial charge in [0.25, 0.3) is 5.91 Å². The molecule has 2 amide bonds. The fourth-order valence-electron chi connectivity index (χ4n) is 4.53. The number of thiophene rings is 1. The zero-order chi connectivity index (χ0) is 25.0. The van der Waals surface area contributed by atoms with E-state index in [-0.39, 0.29) is 23.7 Å². The molecule has 6 nitrogen and oxygen atoms in total. The van der Waals surface area contributed by atoms with Gasteiger partial charge in [0, 0.05) is 35.6 Å². The number of rotatable bonds is 9. The molecule has 1 aliphatic rings. The van der Waals surface area contributed by atoms with Gasteiger partial charge in [-0.2, -0.15) is 0 Å². The van der Waals surface area contributed by atoms with E-state index >= 15 is 0 Å². The highest BCUT2D eigenvalue weighted by atomic mass is 32.1. The van der Waals surface area contributed by atoms with Gasteiger partial charge in [0.05, 0.1) is 18.2 Å². The second kappa shape index (κ2) is 11.0. The Hall–Kier alpha value is -2.64. The fraction of sp³-hybridized carbons (Fsp3) is 0.500. The molecule has 2 heterocycles. The minimum atomic E-state index is -0.141. The standard InChI is InChI=1S/C28H36N2O4S/c1-5-33-14-8-13-29-26(32)25-20-9-6-7-10-23(20)35-27(25)30-24(31)15-18-17-34-22-12-11-19(16-21(18)22)28(2,3)4/h11-12,16-17H,5-10,13-15H2,1-4H3,(H,29,32)(H,30,31). The van der Waals surface area contributed by atoms with Crippen LogP contribution in [-0.4, -0.2) is 31.6 Å². The normalized spacial score (nSPS) is 13.6. The summed E-state index contributed by atoms with van der Waals surface area (Å²) in [5, 5.41) is 7.70. The molecule has 2 N–H and O–H groups in total. The van der Waals surface area contributed by atoms with Crippen molar-refractivity contribution >= 4 is 39.1 Å². The van der Waals surface area contributed by atoms with Crippen molar-refractivity contribution in [3.8, 4) is 0 Å². The monoisotopic (exact) mass is 496 g/mol. The largest absolute Gasteiger partial charge is 0.464 e. The first-order valence-electron chi connectivity index (χ1n) is 12.6. The predicted molar refractivity (Wildman–Crippen MR) is 142 cm³/mol. The summed E-state index contributed by atoms with van der Waals surface area (Å²) in [4.78, 5) is 27.5. The summed E-state index contributed by atoms with van der Waals surface area (Å²) in [6.45, 7) is 10.3. The number of amides is 2. The molecule has 3 aromatic rings. The second-order valence-corrected chi connectivity index (χ2v) is 11.3. The topological polar surface area (TPSA) is 80.6 Å². The molecule has 1 aromatic carbocycles. The number of carbonyl (C=O) groups excluding carboxylic acids is 2. The van der Waals surface area contributed by atoms with E-state index in [0.717, 1.165) is 54.2 Å². The highest BCUT2D eigenvalue weighted by Crippen LogP contribution is 2.38. The summed E-state index contributed by atoms with van der Waals surface area (Å²) in [7, 11) is 0. The predicted octanol–water partition coefficient (Wildman–Crippen LogP) is 6.01. The Labute approximate surface area is 211 Å². The Morgan fingerprint density at radius 1 is 1.17 bits per heavy atom. The maximum Gasteiger partial charge on any atom is 0.254 e. The molecular formula is C28H36N2O4S. The van der Waals surface area contributed by atoms with Gasteiger partial charge in [0.2, 0.25) is 5.91 Å². The Bertz CT molecular complexity index is 1200. The molecule has 0 aliphatic heterocycles. The van der Waals surface area contributed by atoms with Crippen molar-refractivity contribution in [3.05, 3.63) is 51.6 Å². The van der Waals surface area contributed by atoms with Crippen molar-refractivity contribution in [1.82, 2.24) is 5.32 Å². The quantitative estimate of drug-likeness (QED) is 0.356. The number of benzene rings is 1. The van der Waals surface area contributed by atoms with Crippen molar-refractivity contribution in [2.45, 2.75) is 71.6 Å². The van der Waals surface area contributed by atoms with E-state index in [2.05, 4.69) is 43.5 Å². The molecule has 0 fully saturated rings. The maximum absolute atomic E-state index is 13.1. The summed E-state index contributed by atoms with van der Waals surface area (Å²) >= 11 is 1.55. The van der Waals surface area contributed by atoms with Crippen LogP contribution < -0.4 is 10.6 Å². The first-order chi connectivity index (χ1) is 16.8. The van der Waals surface area contributed by atoms with Crippen LogP contribution in [0.3, 0.4) is 0 Å². The maximum atomic E-state index is 13.1. The Balaban J connectivity index is 1.51. The van der Waals surface area contributed by atoms with Crippen molar-refractivity contribution in [1.29, 1.82) is 0 Å². The lowest BCUT2D eigenvalue weighted by Gasteiger charge is -2.18. The van der Waals surface area contributed by atoms with Gasteiger partial charge in [-0.3, -0.25) is 9.59 Å². The molecule has 0 bridgehead atoms. The molecule has 7 heteroatoms. The van der Waals surface area contributed by atoms with E-state index < -0.39 is 0 Å². The fourth-order valence-corrected chi connectivity index (χ4v) is 5.83. The van der Waals surface area contributed by atoms with Crippen LogP contribution in [0.15, 0.2) is 28.9 Å². The van der Waals surface area contributed by atoms with Gasteiger partial charge in [0.15, 0.2) is 0 Å². The molecule has 35 heavy (non-hydrogen) atoms. The zero-order valence-corrected chi connectivity index (χ0v) is 22.0. The van der Waals surface area contributed by atoms with Crippen LogP contribution in [0, 0.1) is 0 Å². The van der Waals surface area contributed by atoms with Gasteiger partial charge >= 0.3 is 0 Å². The summed E-state index contributed by atoms with van der Waals surface area (Å²) in [6, 6.07) is 6.16. The van der Waals surface area contributed by atoms with Crippen molar-refractivity contribution in [2.24, 2.45) is 0 Å². The first-order valence-corrected chi connectivity index (χ1v) is 13.4. The van der Waals surface area contributed by atoms with Crippen LogP contribution in [0.1, 0.15) is 78.9 Å². The average Bonchev–Trinajstić information content (AvgIpc) is 3.38. The van der Waals surface area contributed by atoms with Crippen LogP contribution in [-0.2, 0) is 34.2 Å². The van der Waals surface area contributed by atoms with Crippen LogP contribution in [0.2, 0.25) is 0 Å². The number of aryl methyl sites for hydroxylation is 1. The number of carbonyl (C=O) groups is 2. The lowest BCUT2D eigenvalue weighted by molar-refractivity contribution is -0.115. The lowest BCUT2D eigenvalue weighted by atomic mass is 9.86. The average molecular weight is 497 g/mol. The molecule has 0 saturated heterocycles. The van der Waals surface area contributed by atoms with Crippen molar-refractivity contribution in [3.63, 3.8) is 0 Å². The summed E-state index contributed by atoms with van der Waals surface area (Å²) in [5.41, 5.74) is 4.57. The van der Waals surface area contributed by atoms with Gasteiger partial charge in [-0.1, -0.05) is 26.8 Å². The van der Waals surface area contributed by atoms with E-state index in [9.17, 15) is 9.59 Å². The SMILES string of the molecule is CCOCCCNC(=O)c1c(NC(=O)Cc2coc3ccc(C(C)(C)C)cc23)sc2c1CCCC2. The Kier molecular flexibility index (Phi) is 7.97. The summed E-state index contributed by atoms with van der Waals surface area (Å²) in [6.07, 6.45) is 6.65. The molecule has 0 radical (unpaired) electrons. The molecule has 188 valence electrons. The van der Waals surface area contributed by atoms with Crippen molar-refractivity contribution in [2.75, 3.05) is 25.1 Å². The Morgan fingerprint density at radius 3 is 2.74 bits per heavy atom. The molecule has 1 aliphatic carbocycles. The van der Waals surface area contributed by atoms with Crippen LogP contribution in [0.25, 0.3) is 11.0 Å². The van der Waals surface area contributed by atoms with Gasteiger partial charge in [-0.15, -0.1) is 11.3 Å². The smallest absolute Gasteiger partial charge is 0.254 e. The number of nitrogens with one attached hydrogen (secondary N) is 2. The number of furan rings is 1. The number of hydrogen-bond acceptors (Lipinski definition) is 5. The molecular weight excluding hydrogens is 460 g/mol. The van der Waals surface area contributed by atoms with Crippen LogP contribution in [0.4, 0.5) is 5.00 Å². The minimum Gasteiger partial charge on any atom is -0.464 e. The van der Waals surface area contributed by atoms with E-state index in [1.165, 1.54) is 10.4 Å². The molecule has 0 unspecified atom stereocenters. The highest BCUT2D eigenvalue weighted by molar-refractivity contribution is 7.17. The van der Waals surface area contributed by atoms with Crippen LogP contribution >= 0.6 is 11.3 Å². The van der Waals surface area contributed by atoms with E-state index in [1.54, 1.807) is 17.6 Å². The first kappa shape index (κ1) is 25.5.